The van der Waals surface area contributed by atoms with Crippen LogP contribution in [0.25, 0.3) is 0 Å². The highest BCUT2D eigenvalue weighted by atomic mass is 16.5. The van der Waals surface area contributed by atoms with Gasteiger partial charge in [-0.25, -0.2) is 4.98 Å². The van der Waals surface area contributed by atoms with Gasteiger partial charge in [0.05, 0.1) is 6.20 Å². The number of rotatable bonds is 4. The van der Waals surface area contributed by atoms with Crippen LogP contribution in [0.1, 0.15) is 11.3 Å². The van der Waals surface area contributed by atoms with Crippen molar-refractivity contribution in [2.24, 2.45) is 0 Å². The monoisotopic (exact) mass is 240 g/mol. The normalized spacial score (nSPS) is 9.78. The van der Waals surface area contributed by atoms with Crippen molar-refractivity contribution in [1.29, 1.82) is 5.26 Å². The summed E-state index contributed by atoms with van der Waals surface area (Å²) < 4.78 is 5.68. The zero-order valence-corrected chi connectivity index (χ0v) is 9.71. The number of ether oxygens (including phenoxy) is 1. The summed E-state index contributed by atoms with van der Waals surface area (Å²) in [4.78, 5) is 3.93. The number of pyridine rings is 1. The smallest absolute Gasteiger partial charge is 0.145 e. The van der Waals surface area contributed by atoms with Crippen molar-refractivity contribution in [3.63, 3.8) is 0 Å². The predicted molar refractivity (Wildman–Crippen MR) is 66.3 cm³/mol. The molecule has 0 atom stereocenters. The molecule has 2 aromatic rings. The molecule has 1 aromatic carbocycles. The van der Waals surface area contributed by atoms with Crippen molar-refractivity contribution in [2.75, 3.05) is 6.61 Å². The maximum atomic E-state index is 8.97. The fraction of sp³-hybridized carbons (Fsp3) is 0.143. The van der Waals surface area contributed by atoms with Gasteiger partial charge in [-0.15, -0.1) is 0 Å². The third-order valence-electron chi connectivity index (χ3n) is 2.43. The lowest BCUT2D eigenvalue weighted by Gasteiger charge is -2.09. The van der Waals surface area contributed by atoms with Crippen molar-refractivity contribution < 1.29 is 9.84 Å². The van der Waals surface area contributed by atoms with Crippen LogP contribution < -0.4 is 4.74 Å². The molecule has 0 spiro atoms. The Kier molecular flexibility index (Phi) is 3.90. The standard InChI is InChI=1S/C14H12N2O2/c15-9-12-5-6-13(10-16-12)18-14-4-2-1-3-11(14)7-8-17/h1-6,10,17H,7-8H2. The van der Waals surface area contributed by atoms with Gasteiger partial charge in [-0.05, 0) is 30.2 Å². The molecule has 1 heterocycles. The summed E-state index contributed by atoms with van der Waals surface area (Å²) >= 11 is 0. The van der Waals surface area contributed by atoms with Gasteiger partial charge in [0.15, 0.2) is 0 Å². The Bertz CT molecular complexity index is 559. The Balaban J connectivity index is 2.20. The SMILES string of the molecule is N#Cc1ccc(Oc2ccccc2CCO)cn1. The molecule has 0 unspecified atom stereocenters. The Morgan fingerprint density at radius 3 is 2.72 bits per heavy atom. The minimum atomic E-state index is 0.0754. The summed E-state index contributed by atoms with van der Waals surface area (Å²) in [6, 6.07) is 12.8. The molecule has 4 heteroatoms. The fourth-order valence-electron chi connectivity index (χ4n) is 1.56. The van der Waals surface area contributed by atoms with E-state index < -0.39 is 0 Å². The number of aliphatic hydroxyl groups excluding tert-OH is 1. The van der Waals surface area contributed by atoms with E-state index >= 15 is 0 Å². The van der Waals surface area contributed by atoms with Crippen molar-refractivity contribution >= 4 is 0 Å². The first-order chi connectivity index (χ1) is 8.83. The Hall–Kier alpha value is -2.38. The van der Waals surface area contributed by atoms with Crippen molar-refractivity contribution in [3.8, 4) is 17.6 Å². The highest BCUT2D eigenvalue weighted by molar-refractivity contribution is 5.38. The first kappa shape index (κ1) is 12.1. The second-order valence-electron chi connectivity index (χ2n) is 3.67. The van der Waals surface area contributed by atoms with Crippen molar-refractivity contribution in [2.45, 2.75) is 6.42 Å². The third-order valence-corrected chi connectivity index (χ3v) is 2.43. The van der Waals surface area contributed by atoms with Gasteiger partial charge in [0.1, 0.15) is 23.3 Å². The maximum Gasteiger partial charge on any atom is 0.145 e. The van der Waals surface area contributed by atoms with E-state index in [0.29, 0.717) is 23.6 Å². The first-order valence-electron chi connectivity index (χ1n) is 5.56. The molecule has 0 bridgehead atoms. The molecular weight excluding hydrogens is 228 g/mol. The minimum Gasteiger partial charge on any atom is -0.455 e. The van der Waals surface area contributed by atoms with Gasteiger partial charge in [0, 0.05) is 6.61 Å². The van der Waals surface area contributed by atoms with Crippen LogP contribution in [-0.4, -0.2) is 16.7 Å². The molecule has 0 aliphatic carbocycles. The average molecular weight is 240 g/mol. The van der Waals surface area contributed by atoms with Crippen LogP contribution in [0, 0.1) is 11.3 Å². The number of para-hydroxylation sites is 1. The van der Waals surface area contributed by atoms with Crippen molar-refractivity contribution in [3.05, 3.63) is 53.9 Å². The maximum absolute atomic E-state index is 8.97. The second-order valence-corrected chi connectivity index (χ2v) is 3.67. The molecule has 0 radical (unpaired) electrons. The first-order valence-corrected chi connectivity index (χ1v) is 5.56. The molecular formula is C14H12N2O2. The summed E-state index contributed by atoms with van der Waals surface area (Å²) in [6.07, 6.45) is 2.05. The molecule has 0 saturated carbocycles. The van der Waals surface area contributed by atoms with E-state index in [1.54, 1.807) is 12.1 Å². The van der Waals surface area contributed by atoms with E-state index in [0.717, 1.165) is 5.56 Å². The summed E-state index contributed by atoms with van der Waals surface area (Å²) in [5.74, 6) is 1.26. The van der Waals surface area contributed by atoms with E-state index in [-0.39, 0.29) is 6.61 Å². The van der Waals surface area contributed by atoms with Gasteiger partial charge < -0.3 is 9.84 Å². The van der Waals surface area contributed by atoms with Crippen LogP contribution in [0.3, 0.4) is 0 Å². The van der Waals surface area contributed by atoms with E-state index in [1.165, 1.54) is 6.20 Å². The summed E-state index contributed by atoms with van der Waals surface area (Å²) in [5, 5.41) is 17.6. The van der Waals surface area contributed by atoms with Crippen LogP contribution in [0.2, 0.25) is 0 Å². The van der Waals surface area contributed by atoms with Gasteiger partial charge in [0.2, 0.25) is 0 Å². The minimum absolute atomic E-state index is 0.0754. The van der Waals surface area contributed by atoms with Crippen LogP contribution in [-0.2, 0) is 6.42 Å². The lowest BCUT2D eigenvalue weighted by Crippen LogP contribution is -1.95. The summed E-state index contributed by atoms with van der Waals surface area (Å²) in [5.41, 5.74) is 1.29. The fourth-order valence-corrected chi connectivity index (χ4v) is 1.56. The van der Waals surface area contributed by atoms with E-state index in [1.807, 2.05) is 30.3 Å². The molecule has 0 saturated heterocycles. The number of aromatic nitrogens is 1. The molecule has 18 heavy (non-hydrogen) atoms. The Morgan fingerprint density at radius 1 is 1.22 bits per heavy atom. The third kappa shape index (κ3) is 2.84. The Morgan fingerprint density at radius 2 is 2.06 bits per heavy atom. The predicted octanol–water partition coefficient (Wildman–Crippen LogP) is 2.28. The molecule has 90 valence electrons. The van der Waals surface area contributed by atoms with Crippen LogP contribution >= 0.6 is 0 Å². The number of nitrogens with zero attached hydrogens (tertiary/aromatic N) is 2. The highest BCUT2D eigenvalue weighted by Gasteiger charge is 2.04. The molecule has 0 amide bonds. The zero-order valence-electron chi connectivity index (χ0n) is 9.71. The van der Waals surface area contributed by atoms with Gasteiger partial charge in [-0.2, -0.15) is 5.26 Å². The lowest BCUT2D eigenvalue weighted by molar-refractivity contribution is 0.298. The van der Waals surface area contributed by atoms with E-state index in [9.17, 15) is 0 Å². The molecule has 4 nitrogen and oxygen atoms in total. The van der Waals surface area contributed by atoms with Gasteiger partial charge in [-0.1, -0.05) is 18.2 Å². The van der Waals surface area contributed by atoms with Gasteiger partial charge in [0.25, 0.3) is 0 Å². The number of hydrogen-bond donors (Lipinski definition) is 1. The number of benzene rings is 1. The number of nitriles is 1. The largest absolute Gasteiger partial charge is 0.455 e. The summed E-state index contributed by atoms with van der Waals surface area (Å²) in [6.45, 7) is 0.0754. The average Bonchev–Trinajstić information content (AvgIpc) is 2.42. The van der Waals surface area contributed by atoms with Crippen LogP contribution in [0.15, 0.2) is 42.6 Å². The van der Waals surface area contributed by atoms with E-state index in [2.05, 4.69) is 4.98 Å². The molecule has 2 rings (SSSR count). The molecule has 1 N–H and O–H groups in total. The topological polar surface area (TPSA) is 66.1 Å². The molecule has 0 aliphatic rings. The summed E-state index contributed by atoms with van der Waals surface area (Å²) in [7, 11) is 0. The Labute approximate surface area is 105 Å². The highest BCUT2D eigenvalue weighted by Crippen LogP contribution is 2.24. The number of hydrogen-bond acceptors (Lipinski definition) is 4. The van der Waals surface area contributed by atoms with Crippen LogP contribution in [0.4, 0.5) is 0 Å². The van der Waals surface area contributed by atoms with Crippen LogP contribution in [0.5, 0.6) is 11.5 Å². The quantitative estimate of drug-likeness (QED) is 0.890. The van der Waals surface area contributed by atoms with Gasteiger partial charge >= 0.3 is 0 Å². The molecule has 0 fully saturated rings. The van der Waals surface area contributed by atoms with Gasteiger partial charge in [-0.3, -0.25) is 0 Å². The number of aliphatic hydroxyl groups is 1. The van der Waals surface area contributed by atoms with Crippen molar-refractivity contribution in [1.82, 2.24) is 4.98 Å². The molecule has 1 aromatic heterocycles. The molecule has 0 aliphatic heterocycles. The lowest BCUT2D eigenvalue weighted by atomic mass is 10.1. The van der Waals surface area contributed by atoms with E-state index in [4.69, 9.17) is 15.1 Å². The zero-order chi connectivity index (χ0) is 12.8. The second kappa shape index (κ2) is 5.80.